The molecule has 1 N–H and O–H groups in total. The van der Waals surface area contributed by atoms with E-state index in [-0.39, 0.29) is 5.91 Å². The Hall–Kier alpha value is -1.69. The quantitative estimate of drug-likeness (QED) is 0.925. The number of carbonyl (C=O) groups is 1. The highest BCUT2D eigenvalue weighted by Gasteiger charge is 2.42. The van der Waals surface area contributed by atoms with Crippen molar-refractivity contribution in [3.05, 3.63) is 17.8 Å². The van der Waals surface area contributed by atoms with E-state index < -0.39 is 0 Å². The van der Waals surface area contributed by atoms with Gasteiger partial charge in [0.25, 0.3) is 0 Å². The van der Waals surface area contributed by atoms with Gasteiger partial charge in [0.05, 0.1) is 5.39 Å². The molecule has 4 heterocycles. The first kappa shape index (κ1) is 13.0. The van der Waals surface area contributed by atoms with Gasteiger partial charge in [-0.2, -0.15) is 0 Å². The van der Waals surface area contributed by atoms with Gasteiger partial charge in [-0.25, -0.2) is 9.97 Å². The monoisotopic (exact) mass is 302 g/mol. The number of piperidine rings is 1. The van der Waals surface area contributed by atoms with E-state index in [4.69, 9.17) is 0 Å². The second-order valence-electron chi connectivity index (χ2n) is 6.00. The summed E-state index contributed by atoms with van der Waals surface area (Å²) in [7, 11) is 0. The summed E-state index contributed by atoms with van der Waals surface area (Å²) < 4.78 is 0. The van der Waals surface area contributed by atoms with Crippen molar-refractivity contribution in [2.45, 2.75) is 50.7 Å². The number of amides is 1. The second-order valence-corrected chi connectivity index (χ2v) is 6.89. The Kier molecular flexibility index (Phi) is 3.06. The number of aromatic nitrogens is 2. The molecule has 110 valence electrons. The number of nitrogens with one attached hydrogen (secondary N) is 1. The van der Waals surface area contributed by atoms with Gasteiger partial charge in [0, 0.05) is 25.0 Å². The molecule has 2 aromatic rings. The van der Waals surface area contributed by atoms with Crippen LogP contribution in [-0.2, 0) is 4.79 Å². The maximum atomic E-state index is 11.3. The molecule has 2 aliphatic rings. The molecule has 2 fully saturated rings. The van der Waals surface area contributed by atoms with Crippen molar-refractivity contribution < 1.29 is 4.79 Å². The summed E-state index contributed by atoms with van der Waals surface area (Å²) in [5, 5.41) is 6.33. The standard InChI is InChI=1S/C15H18N4OS/c1-9(20)18-10-6-11-2-3-12(7-10)19(11)14-13-4-5-21-15(13)17-8-16-14/h4-5,8,10-12H,2-3,6-7H2,1H3,(H,18,20)/t11-,12-/m0/s1. The highest BCUT2D eigenvalue weighted by Crippen LogP contribution is 2.41. The molecule has 0 aliphatic carbocycles. The molecule has 2 aromatic heterocycles. The largest absolute Gasteiger partial charge is 0.353 e. The van der Waals surface area contributed by atoms with Gasteiger partial charge in [0.15, 0.2) is 0 Å². The SMILES string of the molecule is CC(=O)NC1C[C@@H]2CC[C@@H](C1)N2c1ncnc2sccc12. The summed E-state index contributed by atoms with van der Waals surface area (Å²) in [5.41, 5.74) is 0. The number of rotatable bonds is 2. The first-order valence-corrected chi connectivity index (χ1v) is 8.34. The average Bonchev–Trinajstić information content (AvgIpc) is 3.01. The van der Waals surface area contributed by atoms with Crippen LogP contribution >= 0.6 is 11.3 Å². The highest BCUT2D eigenvalue weighted by atomic mass is 32.1. The lowest BCUT2D eigenvalue weighted by Crippen LogP contribution is -2.50. The fraction of sp³-hybridized carbons (Fsp3) is 0.533. The number of hydrogen-bond acceptors (Lipinski definition) is 5. The van der Waals surface area contributed by atoms with Crippen LogP contribution in [0.1, 0.15) is 32.6 Å². The molecule has 21 heavy (non-hydrogen) atoms. The van der Waals surface area contributed by atoms with Gasteiger partial charge in [0.2, 0.25) is 5.91 Å². The Labute approximate surface area is 127 Å². The van der Waals surface area contributed by atoms with Crippen molar-refractivity contribution >= 4 is 33.3 Å². The van der Waals surface area contributed by atoms with E-state index in [9.17, 15) is 4.79 Å². The molecule has 2 aliphatic heterocycles. The number of anilines is 1. The fourth-order valence-corrected chi connectivity index (χ4v) is 4.64. The zero-order chi connectivity index (χ0) is 14.4. The minimum atomic E-state index is 0.0788. The smallest absolute Gasteiger partial charge is 0.217 e. The number of nitrogens with zero attached hydrogens (tertiary/aromatic N) is 3. The van der Waals surface area contributed by atoms with Crippen molar-refractivity contribution in [1.29, 1.82) is 0 Å². The van der Waals surface area contributed by atoms with Crippen LogP contribution in [0.25, 0.3) is 10.2 Å². The molecule has 0 aromatic carbocycles. The van der Waals surface area contributed by atoms with Gasteiger partial charge in [0.1, 0.15) is 17.0 Å². The van der Waals surface area contributed by atoms with E-state index in [1.54, 1.807) is 24.6 Å². The van der Waals surface area contributed by atoms with Crippen molar-refractivity contribution in [2.75, 3.05) is 4.90 Å². The molecule has 0 saturated carbocycles. The topological polar surface area (TPSA) is 58.1 Å². The minimum absolute atomic E-state index is 0.0788. The van der Waals surface area contributed by atoms with E-state index in [0.29, 0.717) is 18.1 Å². The van der Waals surface area contributed by atoms with Crippen molar-refractivity contribution in [3.8, 4) is 0 Å². The van der Waals surface area contributed by atoms with Crippen LogP contribution in [0.5, 0.6) is 0 Å². The van der Waals surface area contributed by atoms with Gasteiger partial charge in [-0.05, 0) is 37.1 Å². The van der Waals surface area contributed by atoms with Crippen LogP contribution in [0.3, 0.4) is 0 Å². The third kappa shape index (κ3) is 2.18. The van der Waals surface area contributed by atoms with Crippen LogP contribution < -0.4 is 10.2 Å². The zero-order valence-electron chi connectivity index (χ0n) is 12.0. The summed E-state index contributed by atoms with van der Waals surface area (Å²) in [4.78, 5) is 23.7. The Morgan fingerprint density at radius 3 is 2.81 bits per heavy atom. The fourth-order valence-electron chi connectivity index (χ4n) is 3.91. The molecule has 1 amide bonds. The maximum Gasteiger partial charge on any atom is 0.217 e. The van der Waals surface area contributed by atoms with Gasteiger partial charge in [-0.15, -0.1) is 11.3 Å². The Balaban J connectivity index is 1.65. The van der Waals surface area contributed by atoms with Crippen LogP contribution in [0, 0.1) is 0 Å². The van der Waals surface area contributed by atoms with Gasteiger partial charge >= 0.3 is 0 Å². The molecule has 0 spiro atoms. The maximum absolute atomic E-state index is 11.3. The van der Waals surface area contributed by atoms with Gasteiger partial charge in [-0.1, -0.05) is 0 Å². The zero-order valence-corrected chi connectivity index (χ0v) is 12.8. The second kappa shape index (κ2) is 4.94. The van der Waals surface area contributed by atoms with Crippen molar-refractivity contribution in [3.63, 3.8) is 0 Å². The summed E-state index contributed by atoms with van der Waals surface area (Å²) in [6, 6.07) is 3.41. The molecule has 0 unspecified atom stereocenters. The molecular weight excluding hydrogens is 284 g/mol. The Bertz CT molecular complexity index is 671. The average molecular weight is 302 g/mol. The summed E-state index contributed by atoms with van der Waals surface area (Å²) in [5.74, 6) is 1.16. The third-order valence-electron chi connectivity index (χ3n) is 4.63. The van der Waals surface area contributed by atoms with E-state index in [1.807, 2.05) is 0 Å². The van der Waals surface area contributed by atoms with Crippen molar-refractivity contribution in [1.82, 2.24) is 15.3 Å². The van der Waals surface area contributed by atoms with Gasteiger partial charge < -0.3 is 10.2 Å². The minimum Gasteiger partial charge on any atom is -0.353 e. The van der Waals surface area contributed by atoms with Crippen LogP contribution in [0.2, 0.25) is 0 Å². The van der Waals surface area contributed by atoms with E-state index in [0.717, 1.165) is 28.9 Å². The lowest BCUT2D eigenvalue weighted by atomic mass is 9.97. The van der Waals surface area contributed by atoms with Crippen LogP contribution in [0.4, 0.5) is 5.82 Å². The van der Waals surface area contributed by atoms with E-state index in [2.05, 4.69) is 31.6 Å². The predicted molar refractivity (Wildman–Crippen MR) is 83.5 cm³/mol. The lowest BCUT2D eigenvalue weighted by Gasteiger charge is -2.40. The first-order chi connectivity index (χ1) is 10.2. The Morgan fingerprint density at radius 1 is 1.33 bits per heavy atom. The van der Waals surface area contributed by atoms with Crippen LogP contribution in [-0.4, -0.2) is 34.0 Å². The third-order valence-corrected chi connectivity index (χ3v) is 5.45. The number of thiophene rings is 1. The molecular formula is C15H18N4OS. The predicted octanol–water partition coefficient (Wildman–Crippen LogP) is 2.33. The lowest BCUT2D eigenvalue weighted by molar-refractivity contribution is -0.119. The highest BCUT2D eigenvalue weighted by molar-refractivity contribution is 7.16. The van der Waals surface area contributed by atoms with E-state index >= 15 is 0 Å². The normalized spacial score (nSPS) is 28.0. The molecule has 6 heteroatoms. The molecule has 0 radical (unpaired) electrons. The number of carbonyl (C=O) groups excluding carboxylic acids is 1. The number of fused-ring (bicyclic) bond motifs is 3. The molecule has 2 bridgehead atoms. The number of hydrogen-bond donors (Lipinski definition) is 1. The first-order valence-electron chi connectivity index (χ1n) is 7.46. The molecule has 2 atom stereocenters. The van der Waals surface area contributed by atoms with Crippen LogP contribution in [0.15, 0.2) is 17.8 Å². The molecule has 4 rings (SSSR count). The summed E-state index contributed by atoms with van der Waals surface area (Å²) in [6.07, 6.45) is 6.09. The Morgan fingerprint density at radius 2 is 2.10 bits per heavy atom. The summed E-state index contributed by atoms with van der Waals surface area (Å²) >= 11 is 1.66. The van der Waals surface area contributed by atoms with E-state index in [1.165, 1.54) is 12.8 Å². The van der Waals surface area contributed by atoms with Gasteiger partial charge in [-0.3, -0.25) is 4.79 Å². The van der Waals surface area contributed by atoms with Crippen molar-refractivity contribution in [2.24, 2.45) is 0 Å². The molecule has 2 saturated heterocycles. The summed E-state index contributed by atoms with van der Waals surface area (Å²) in [6.45, 7) is 1.60. The molecule has 5 nitrogen and oxygen atoms in total.